The van der Waals surface area contributed by atoms with Crippen LogP contribution in [-0.4, -0.2) is 21.6 Å². The van der Waals surface area contributed by atoms with Crippen LogP contribution in [0.15, 0.2) is 54.6 Å². The summed E-state index contributed by atoms with van der Waals surface area (Å²) >= 11 is 0. The average molecular weight is 357 g/mol. The van der Waals surface area contributed by atoms with E-state index in [1.165, 1.54) is 17.7 Å². The van der Waals surface area contributed by atoms with Crippen LogP contribution in [-0.2, 0) is 25.7 Å². The average Bonchev–Trinajstić information content (AvgIpc) is 3.05. The summed E-state index contributed by atoms with van der Waals surface area (Å²) in [7, 11) is 0. The maximum absolute atomic E-state index is 13.4. The fourth-order valence-electron chi connectivity index (χ4n) is 3.49. The molecule has 3 aromatic rings. The predicted molar refractivity (Wildman–Crippen MR) is 93.3 cm³/mol. The molecular weight excluding hydrogens is 339 g/mol. The van der Waals surface area contributed by atoms with Crippen molar-refractivity contribution in [2.24, 2.45) is 0 Å². The molecule has 0 saturated heterocycles. The van der Waals surface area contributed by atoms with Gasteiger partial charge in [0, 0.05) is 42.9 Å². The highest BCUT2D eigenvalue weighted by molar-refractivity contribution is 5.68. The first-order valence-corrected chi connectivity index (χ1v) is 8.51. The Morgan fingerprint density at radius 3 is 2.50 bits per heavy atom. The number of aromatic nitrogens is 2. The van der Waals surface area contributed by atoms with Gasteiger partial charge in [-0.05, 0) is 11.6 Å². The van der Waals surface area contributed by atoms with Crippen LogP contribution >= 0.6 is 0 Å². The van der Waals surface area contributed by atoms with Gasteiger partial charge in [-0.1, -0.05) is 48.5 Å². The van der Waals surface area contributed by atoms with E-state index >= 15 is 0 Å². The summed E-state index contributed by atoms with van der Waals surface area (Å²) in [5.41, 5.74) is 2.89. The van der Waals surface area contributed by atoms with Crippen molar-refractivity contribution in [1.29, 1.82) is 0 Å². The normalized spacial score (nSPS) is 15.0. The smallest absolute Gasteiger partial charge is 0.294 e. The molecule has 0 radical (unpaired) electrons. The number of alkyl halides is 3. The number of benzene rings is 2. The molecule has 1 N–H and O–H groups in total. The van der Waals surface area contributed by atoms with Crippen LogP contribution < -0.4 is 0 Å². The molecule has 6 heteroatoms. The Kier molecular flexibility index (Phi) is 4.28. The number of hydrogen-bond donors (Lipinski definition) is 1. The molecule has 0 aliphatic carbocycles. The molecule has 0 spiro atoms. The van der Waals surface area contributed by atoms with Crippen molar-refractivity contribution < 1.29 is 13.2 Å². The van der Waals surface area contributed by atoms with Crippen molar-refractivity contribution in [3.8, 4) is 11.3 Å². The second-order valence-corrected chi connectivity index (χ2v) is 6.52. The van der Waals surface area contributed by atoms with Crippen molar-refractivity contribution in [3.05, 3.63) is 77.0 Å². The van der Waals surface area contributed by atoms with Gasteiger partial charge in [0.15, 0.2) is 0 Å². The molecule has 0 unspecified atom stereocenters. The topological polar surface area (TPSA) is 31.9 Å². The minimum Gasteiger partial charge on any atom is -0.294 e. The molecule has 0 atom stereocenters. The molecule has 1 aliphatic rings. The van der Waals surface area contributed by atoms with E-state index < -0.39 is 11.7 Å². The Labute approximate surface area is 149 Å². The molecule has 0 fully saturated rings. The van der Waals surface area contributed by atoms with Crippen molar-refractivity contribution in [3.63, 3.8) is 0 Å². The van der Waals surface area contributed by atoms with Gasteiger partial charge >= 0.3 is 6.18 Å². The highest BCUT2D eigenvalue weighted by Crippen LogP contribution is 2.38. The molecule has 0 amide bonds. The van der Waals surface area contributed by atoms with Gasteiger partial charge in [0.25, 0.3) is 0 Å². The van der Waals surface area contributed by atoms with E-state index in [1.807, 2.05) is 18.2 Å². The lowest BCUT2D eigenvalue weighted by Crippen LogP contribution is -2.30. The van der Waals surface area contributed by atoms with E-state index in [9.17, 15) is 13.2 Å². The Hall–Kier alpha value is -2.60. The maximum atomic E-state index is 13.4. The van der Waals surface area contributed by atoms with Crippen LogP contribution in [0.25, 0.3) is 11.3 Å². The van der Waals surface area contributed by atoms with E-state index in [2.05, 4.69) is 27.2 Å². The SMILES string of the molecule is FC(F)(F)c1ccccc1-c1n[nH]c2c1CN(Cc1ccccc1)CC2. The maximum Gasteiger partial charge on any atom is 0.417 e. The summed E-state index contributed by atoms with van der Waals surface area (Å²) < 4.78 is 40.2. The summed E-state index contributed by atoms with van der Waals surface area (Å²) in [6, 6.07) is 15.7. The van der Waals surface area contributed by atoms with E-state index in [0.717, 1.165) is 36.8 Å². The van der Waals surface area contributed by atoms with Crippen molar-refractivity contribution >= 4 is 0 Å². The lowest BCUT2D eigenvalue weighted by Gasteiger charge is -2.27. The van der Waals surface area contributed by atoms with Crippen molar-refractivity contribution in [2.45, 2.75) is 25.7 Å². The first-order valence-electron chi connectivity index (χ1n) is 8.51. The van der Waals surface area contributed by atoms with Crippen molar-refractivity contribution in [1.82, 2.24) is 15.1 Å². The second-order valence-electron chi connectivity index (χ2n) is 6.52. The Bertz CT molecular complexity index is 900. The fraction of sp³-hybridized carbons (Fsp3) is 0.250. The van der Waals surface area contributed by atoms with E-state index in [0.29, 0.717) is 12.2 Å². The van der Waals surface area contributed by atoms with Gasteiger partial charge in [0.1, 0.15) is 0 Å². The molecule has 1 aromatic heterocycles. The van der Waals surface area contributed by atoms with E-state index in [4.69, 9.17) is 0 Å². The van der Waals surface area contributed by atoms with Gasteiger partial charge in [-0.15, -0.1) is 0 Å². The van der Waals surface area contributed by atoms with Gasteiger partial charge < -0.3 is 0 Å². The largest absolute Gasteiger partial charge is 0.417 e. The molecular formula is C20H18F3N3. The first-order chi connectivity index (χ1) is 12.5. The molecule has 3 nitrogen and oxygen atoms in total. The van der Waals surface area contributed by atoms with Gasteiger partial charge in [0.2, 0.25) is 0 Å². The number of halogens is 3. The van der Waals surface area contributed by atoms with Crippen LogP contribution in [0.3, 0.4) is 0 Å². The summed E-state index contributed by atoms with van der Waals surface area (Å²) in [5, 5.41) is 7.18. The van der Waals surface area contributed by atoms with Crippen LogP contribution in [0, 0.1) is 0 Å². The number of aromatic amines is 1. The number of fused-ring (bicyclic) bond motifs is 1. The van der Waals surface area contributed by atoms with Crippen LogP contribution in [0.4, 0.5) is 13.2 Å². The minimum atomic E-state index is -4.40. The zero-order valence-corrected chi connectivity index (χ0v) is 14.1. The summed E-state index contributed by atoms with van der Waals surface area (Å²) in [5.74, 6) is 0. The first kappa shape index (κ1) is 16.8. The quantitative estimate of drug-likeness (QED) is 0.740. The lowest BCUT2D eigenvalue weighted by molar-refractivity contribution is -0.137. The zero-order chi connectivity index (χ0) is 18.1. The number of H-pyrrole nitrogens is 1. The third kappa shape index (κ3) is 3.24. The predicted octanol–water partition coefficient (Wildman–Crippen LogP) is 4.65. The van der Waals surface area contributed by atoms with E-state index in [-0.39, 0.29) is 5.56 Å². The molecule has 1 aliphatic heterocycles. The van der Waals surface area contributed by atoms with Crippen LogP contribution in [0.5, 0.6) is 0 Å². The van der Waals surface area contributed by atoms with Gasteiger partial charge in [0.05, 0.1) is 11.3 Å². The van der Waals surface area contributed by atoms with Crippen LogP contribution in [0.2, 0.25) is 0 Å². The second kappa shape index (κ2) is 6.61. The van der Waals surface area contributed by atoms with Gasteiger partial charge in [-0.2, -0.15) is 18.3 Å². The number of nitrogens with zero attached hydrogens (tertiary/aromatic N) is 2. The van der Waals surface area contributed by atoms with E-state index in [1.54, 1.807) is 6.07 Å². The Morgan fingerprint density at radius 1 is 1.00 bits per heavy atom. The number of rotatable bonds is 3. The molecule has 4 rings (SSSR count). The molecule has 2 heterocycles. The Morgan fingerprint density at radius 2 is 1.73 bits per heavy atom. The molecule has 134 valence electrons. The minimum absolute atomic E-state index is 0.138. The number of hydrogen-bond acceptors (Lipinski definition) is 2. The third-order valence-electron chi connectivity index (χ3n) is 4.75. The standard InChI is InChI=1S/C20H18F3N3/c21-20(22,23)17-9-5-4-8-15(17)19-16-13-26(11-10-18(16)24-25-19)12-14-6-2-1-3-7-14/h1-9H,10-13H2,(H,24,25). The third-order valence-corrected chi connectivity index (χ3v) is 4.75. The molecule has 0 saturated carbocycles. The zero-order valence-electron chi connectivity index (χ0n) is 14.1. The monoisotopic (exact) mass is 357 g/mol. The highest BCUT2D eigenvalue weighted by Gasteiger charge is 2.35. The molecule has 0 bridgehead atoms. The summed E-state index contributed by atoms with van der Waals surface area (Å²) in [4.78, 5) is 2.24. The van der Waals surface area contributed by atoms with Gasteiger partial charge in [-0.3, -0.25) is 10.00 Å². The highest BCUT2D eigenvalue weighted by atomic mass is 19.4. The van der Waals surface area contributed by atoms with Crippen molar-refractivity contribution in [2.75, 3.05) is 6.54 Å². The molecule has 26 heavy (non-hydrogen) atoms. The van der Waals surface area contributed by atoms with Gasteiger partial charge in [-0.25, -0.2) is 0 Å². The summed E-state index contributed by atoms with van der Waals surface area (Å²) in [6.07, 6.45) is -3.65. The Balaban J connectivity index is 1.66. The number of nitrogens with one attached hydrogen (secondary N) is 1. The molecule has 2 aromatic carbocycles. The van der Waals surface area contributed by atoms with Crippen LogP contribution in [0.1, 0.15) is 22.4 Å². The fourth-order valence-corrected chi connectivity index (χ4v) is 3.49. The summed E-state index contributed by atoms with van der Waals surface area (Å²) in [6.45, 7) is 2.21. The lowest BCUT2D eigenvalue weighted by atomic mass is 9.97.